The van der Waals surface area contributed by atoms with Crippen LogP contribution in [0.4, 0.5) is 0 Å². The van der Waals surface area contributed by atoms with Crippen LogP contribution >= 0.6 is 0 Å². The summed E-state index contributed by atoms with van der Waals surface area (Å²) in [5, 5.41) is 0. The molecule has 74 valence electrons. The Balaban J connectivity index is 2.68. The fourth-order valence-electron chi connectivity index (χ4n) is 0.967. The molecule has 0 N–H and O–H groups in total. The number of pyridine rings is 1. The number of rotatable bonds is 5. The number of carbonyl (C=O) groups is 1. The zero-order valence-corrected chi connectivity index (χ0v) is 8.19. The summed E-state index contributed by atoms with van der Waals surface area (Å²) in [7, 11) is 0. The number of ether oxygens (including phenoxy) is 1. The second-order valence-electron chi connectivity index (χ2n) is 2.76. The molecule has 0 aliphatic rings. The molecule has 0 saturated heterocycles. The number of hydrogen-bond acceptors (Lipinski definition) is 3. The molecular formula is C11H13NO2. The molecule has 0 fully saturated rings. The molecule has 3 nitrogen and oxygen atoms in total. The topological polar surface area (TPSA) is 39.2 Å². The Morgan fingerprint density at radius 1 is 1.64 bits per heavy atom. The molecule has 3 heteroatoms. The number of aromatic nitrogens is 1. The van der Waals surface area contributed by atoms with E-state index in [4.69, 9.17) is 4.74 Å². The van der Waals surface area contributed by atoms with Crippen LogP contribution in [-0.4, -0.2) is 17.4 Å². The Labute approximate surface area is 83.4 Å². The Bertz CT molecular complexity index is 317. The average Bonchev–Trinajstić information content (AvgIpc) is 2.26. The van der Waals surface area contributed by atoms with Gasteiger partial charge in [-0.15, -0.1) is 0 Å². The third-order valence-electron chi connectivity index (χ3n) is 1.71. The molecule has 0 amide bonds. The summed E-state index contributed by atoms with van der Waals surface area (Å²) in [5.74, 6) is 0.692. The highest BCUT2D eigenvalue weighted by molar-refractivity contribution is 5.93. The number of Topliss-reactive ketones (excluding diaryl/α,β-unsaturated/α-hetero) is 1. The summed E-state index contributed by atoms with van der Waals surface area (Å²) in [6.45, 7) is 5.79. The Hall–Kier alpha value is -1.64. The smallest absolute Gasteiger partial charge is 0.180 e. The molecule has 1 aromatic heterocycles. The highest BCUT2D eigenvalue weighted by Crippen LogP contribution is 2.09. The molecule has 0 saturated carbocycles. The van der Waals surface area contributed by atoms with E-state index in [1.165, 1.54) is 0 Å². The Kier molecular flexibility index (Phi) is 3.85. The van der Waals surface area contributed by atoms with Crippen molar-refractivity contribution >= 4 is 5.78 Å². The lowest BCUT2D eigenvalue weighted by atomic mass is 10.2. The average molecular weight is 191 g/mol. The highest BCUT2D eigenvalue weighted by atomic mass is 16.5. The van der Waals surface area contributed by atoms with Crippen molar-refractivity contribution in [2.24, 2.45) is 0 Å². The van der Waals surface area contributed by atoms with Crippen LogP contribution in [-0.2, 0) is 0 Å². The Morgan fingerprint density at radius 2 is 2.43 bits per heavy atom. The summed E-state index contributed by atoms with van der Waals surface area (Å²) in [6, 6.07) is 3.41. The van der Waals surface area contributed by atoms with E-state index in [1.54, 1.807) is 24.4 Å². The van der Waals surface area contributed by atoms with E-state index in [9.17, 15) is 4.79 Å². The van der Waals surface area contributed by atoms with Crippen LogP contribution in [0.2, 0.25) is 0 Å². The van der Waals surface area contributed by atoms with Gasteiger partial charge in [-0.3, -0.25) is 4.79 Å². The summed E-state index contributed by atoms with van der Waals surface area (Å²) in [5.41, 5.74) is 0.485. The first kappa shape index (κ1) is 10.4. The minimum Gasteiger partial charge on any atom is -0.488 e. The van der Waals surface area contributed by atoms with Crippen LogP contribution in [0.5, 0.6) is 5.75 Å². The normalized spacial score (nSPS) is 9.50. The van der Waals surface area contributed by atoms with Crippen LogP contribution in [0, 0.1) is 0 Å². The van der Waals surface area contributed by atoms with Crippen LogP contribution in [0.3, 0.4) is 0 Å². The Morgan fingerprint density at radius 3 is 2.93 bits per heavy atom. The van der Waals surface area contributed by atoms with Gasteiger partial charge < -0.3 is 4.74 Å². The second-order valence-corrected chi connectivity index (χ2v) is 2.76. The lowest BCUT2D eigenvalue weighted by Gasteiger charge is -2.02. The first-order valence-electron chi connectivity index (χ1n) is 4.51. The van der Waals surface area contributed by atoms with Crippen molar-refractivity contribution in [3.05, 3.63) is 36.7 Å². The zero-order valence-electron chi connectivity index (χ0n) is 8.19. The monoisotopic (exact) mass is 191 g/mol. The van der Waals surface area contributed by atoms with Gasteiger partial charge in [0.05, 0.1) is 6.20 Å². The van der Waals surface area contributed by atoms with Gasteiger partial charge in [-0.2, -0.15) is 0 Å². The van der Waals surface area contributed by atoms with E-state index in [1.807, 2.05) is 6.92 Å². The summed E-state index contributed by atoms with van der Waals surface area (Å²) < 4.78 is 5.23. The summed E-state index contributed by atoms with van der Waals surface area (Å²) in [6.07, 6.45) is 3.68. The molecule has 0 aromatic carbocycles. The van der Waals surface area contributed by atoms with Crippen molar-refractivity contribution in [2.45, 2.75) is 13.3 Å². The number of nitrogens with zero attached hydrogens (tertiary/aromatic N) is 1. The van der Waals surface area contributed by atoms with Gasteiger partial charge in [0, 0.05) is 6.42 Å². The number of hydrogen-bond donors (Lipinski definition) is 0. The SMILES string of the molecule is C=CCOc1ccc(C(=O)CC)nc1. The highest BCUT2D eigenvalue weighted by Gasteiger charge is 2.03. The first-order chi connectivity index (χ1) is 6.77. The maximum atomic E-state index is 11.2. The lowest BCUT2D eigenvalue weighted by molar-refractivity contribution is 0.0983. The predicted molar refractivity (Wildman–Crippen MR) is 54.6 cm³/mol. The van der Waals surface area contributed by atoms with Gasteiger partial charge in [0.25, 0.3) is 0 Å². The van der Waals surface area contributed by atoms with E-state index < -0.39 is 0 Å². The number of ketones is 1. The van der Waals surface area contributed by atoms with Crippen molar-refractivity contribution in [3.8, 4) is 5.75 Å². The molecule has 1 heterocycles. The predicted octanol–water partition coefficient (Wildman–Crippen LogP) is 2.24. The van der Waals surface area contributed by atoms with Crippen LogP contribution in [0.1, 0.15) is 23.8 Å². The molecule has 0 unspecified atom stereocenters. The lowest BCUT2D eigenvalue weighted by Crippen LogP contribution is -2.00. The van der Waals surface area contributed by atoms with Gasteiger partial charge in [0.2, 0.25) is 0 Å². The molecular weight excluding hydrogens is 178 g/mol. The van der Waals surface area contributed by atoms with E-state index in [2.05, 4.69) is 11.6 Å². The third kappa shape index (κ3) is 2.69. The molecule has 0 atom stereocenters. The van der Waals surface area contributed by atoms with Crippen molar-refractivity contribution in [1.82, 2.24) is 4.98 Å². The number of carbonyl (C=O) groups excluding carboxylic acids is 1. The van der Waals surface area contributed by atoms with Gasteiger partial charge in [0.15, 0.2) is 5.78 Å². The first-order valence-corrected chi connectivity index (χ1v) is 4.51. The molecule has 0 spiro atoms. The van der Waals surface area contributed by atoms with E-state index >= 15 is 0 Å². The van der Waals surface area contributed by atoms with Crippen LogP contribution < -0.4 is 4.74 Å². The van der Waals surface area contributed by atoms with Crippen LogP contribution in [0.25, 0.3) is 0 Å². The van der Waals surface area contributed by atoms with Gasteiger partial charge >= 0.3 is 0 Å². The molecule has 0 aliphatic carbocycles. The summed E-state index contributed by atoms with van der Waals surface area (Å²) >= 11 is 0. The van der Waals surface area contributed by atoms with Crippen molar-refractivity contribution in [2.75, 3.05) is 6.61 Å². The molecule has 0 aliphatic heterocycles. The maximum absolute atomic E-state index is 11.2. The standard InChI is InChI=1S/C11H13NO2/c1-3-7-14-9-5-6-10(12-8-9)11(13)4-2/h3,5-6,8H,1,4,7H2,2H3. The van der Waals surface area contributed by atoms with Gasteiger partial charge in [0.1, 0.15) is 18.1 Å². The van der Waals surface area contributed by atoms with Gasteiger partial charge in [-0.25, -0.2) is 4.98 Å². The second kappa shape index (κ2) is 5.17. The van der Waals surface area contributed by atoms with E-state index in [0.717, 1.165) is 0 Å². The van der Waals surface area contributed by atoms with Crippen molar-refractivity contribution in [3.63, 3.8) is 0 Å². The largest absolute Gasteiger partial charge is 0.488 e. The van der Waals surface area contributed by atoms with E-state index in [0.29, 0.717) is 24.5 Å². The minimum atomic E-state index is 0.0419. The van der Waals surface area contributed by atoms with Crippen molar-refractivity contribution < 1.29 is 9.53 Å². The van der Waals surface area contributed by atoms with E-state index in [-0.39, 0.29) is 5.78 Å². The summed E-state index contributed by atoms with van der Waals surface area (Å²) in [4.78, 5) is 15.2. The quantitative estimate of drug-likeness (QED) is 0.529. The van der Waals surface area contributed by atoms with Crippen LogP contribution in [0.15, 0.2) is 31.0 Å². The maximum Gasteiger partial charge on any atom is 0.180 e. The van der Waals surface area contributed by atoms with Gasteiger partial charge in [-0.05, 0) is 12.1 Å². The van der Waals surface area contributed by atoms with Crippen molar-refractivity contribution in [1.29, 1.82) is 0 Å². The van der Waals surface area contributed by atoms with Gasteiger partial charge in [-0.1, -0.05) is 19.6 Å². The fraction of sp³-hybridized carbons (Fsp3) is 0.273. The fourth-order valence-corrected chi connectivity index (χ4v) is 0.967. The molecule has 0 radical (unpaired) electrons. The zero-order chi connectivity index (χ0) is 10.4. The molecule has 1 rings (SSSR count). The molecule has 1 aromatic rings. The molecule has 14 heavy (non-hydrogen) atoms. The molecule has 0 bridgehead atoms. The minimum absolute atomic E-state index is 0.0419. The third-order valence-corrected chi connectivity index (χ3v) is 1.71.